The normalized spacial score (nSPS) is 20.0. The Hall–Kier alpha value is -2.00. The molecule has 8 heteroatoms. The summed E-state index contributed by atoms with van der Waals surface area (Å²) in [5, 5.41) is 0. The first-order valence-electron chi connectivity index (χ1n) is 8.27. The highest BCUT2D eigenvalue weighted by molar-refractivity contribution is 8.27. The number of carbonyl (C=O) groups is 2. The van der Waals surface area contributed by atoms with E-state index in [0.29, 0.717) is 31.5 Å². The Morgan fingerprint density at radius 3 is 1.46 bits per heavy atom. The summed E-state index contributed by atoms with van der Waals surface area (Å²) < 4.78 is 1.07. The van der Waals surface area contributed by atoms with Crippen molar-refractivity contribution in [1.29, 1.82) is 0 Å². The minimum Gasteiger partial charge on any atom is -0.289 e. The van der Waals surface area contributed by atoms with Crippen LogP contribution in [0.1, 0.15) is 11.1 Å². The number of nitrogens with zero attached hydrogens (tertiary/aromatic N) is 2. The molecule has 2 amide bonds. The molecule has 1 aromatic carbocycles. The number of rotatable bonds is 6. The van der Waals surface area contributed by atoms with E-state index >= 15 is 0 Å². The van der Waals surface area contributed by atoms with Gasteiger partial charge in [0.15, 0.2) is 0 Å². The average Bonchev–Trinajstić information content (AvgIpc) is 3.08. The van der Waals surface area contributed by atoms with Crippen molar-refractivity contribution in [2.45, 2.75) is 0 Å². The number of thiocarbonyl (C=S) groups is 2. The predicted octanol–water partition coefficient (Wildman–Crippen LogP) is 4.46. The molecule has 0 saturated carbocycles. The zero-order chi connectivity index (χ0) is 20.3. The molecule has 2 saturated heterocycles. The largest absolute Gasteiger partial charge is 0.289 e. The lowest BCUT2D eigenvalue weighted by molar-refractivity contribution is -0.122. The van der Waals surface area contributed by atoms with Crippen LogP contribution in [-0.4, -0.2) is 43.3 Å². The Balaban J connectivity index is 1.76. The molecule has 1 aromatic rings. The smallest absolute Gasteiger partial charge is 0.266 e. The molecule has 2 aliphatic rings. The Labute approximate surface area is 183 Å². The van der Waals surface area contributed by atoms with Gasteiger partial charge >= 0.3 is 0 Å². The van der Waals surface area contributed by atoms with Crippen molar-refractivity contribution in [1.82, 2.24) is 9.80 Å². The molecule has 0 aromatic heterocycles. The van der Waals surface area contributed by atoms with Crippen LogP contribution in [0.25, 0.3) is 12.2 Å². The minimum atomic E-state index is -0.107. The fraction of sp³-hybridized carbons (Fsp3) is 0.100. The van der Waals surface area contributed by atoms with E-state index in [1.807, 2.05) is 36.4 Å². The maximum Gasteiger partial charge on any atom is 0.266 e. The molecule has 3 rings (SSSR count). The number of hydrogen-bond donors (Lipinski definition) is 0. The highest BCUT2D eigenvalue weighted by Crippen LogP contribution is 2.34. The molecule has 142 valence electrons. The van der Waals surface area contributed by atoms with Gasteiger partial charge in [-0.25, -0.2) is 0 Å². The Kier molecular flexibility index (Phi) is 6.66. The fourth-order valence-corrected chi connectivity index (χ4v) is 5.11. The highest BCUT2D eigenvalue weighted by atomic mass is 32.2. The summed E-state index contributed by atoms with van der Waals surface area (Å²) in [5.74, 6) is -0.213. The predicted molar refractivity (Wildman–Crippen MR) is 127 cm³/mol. The van der Waals surface area contributed by atoms with E-state index in [9.17, 15) is 9.59 Å². The third-order valence-electron chi connectivity index (χ3n) is 3.90. The second kappa shape index (κ2) is 9.00. The zero-order valence-corrected chi connectivity index (χ0v) is 18.1. The van der Waals surface area contributed by atoms with E-state index in [1.54, 1.807) is 12.2 Å². The molecule has 0 bridgehead atoms. The van der Waals surface area contributed by atoms with E-state index in [-0.39, 0.29) is 11.8 Å². The first-order valence-corrected chi connectivity index (χ1v) is 10.7. The van der Waals surface area contributed by atoms with Gasteiger partial charge in [-0.1, -0.05) is 84.4 Å². The van der Waals surface area contributed by atoms with E-state index in [0.717, 1.165) is 11.1 Å². The number of thioether (sulfide) groups is 2. The van der Waals surface area contributed by atoms with Gasteiger partial charge in [-0.2, -0.15) is 0 Å². The SMILES string of the molecule is C=CCN1C(=O)/C(=C/c2ccc(/C=C3\SC(=S)N(CC=C)C3=O)cc2)SC1=S. The Morgan fingerprint density at radius 2 is 1.14 bits per heavy atom. The summed E-state index contributed by atoms with van der Waals surface area (Å²) in [6, 6.07) is 7.60. The summed E-state index contributed by atoms with van der Waals surface area (Å²) in [5.41, 5.74) is 1.77. The van der Waals surface area contributed by atoms with Crippen molar-refractivity contribution in [3.63, 3.8) is 0 Å². The molecule has 28 heavy (non-hydrogen) atoms. The summed E-state index contributed by atoms with van der Waals surface area (Å²) in [6.07, 6.45) is 6.94. The lowest BCUT2D eigenvalue weighted by Crippen LogP contribution is -2.27. The van der Waals surface area contributed by atoms with Gasteiger partial charge in [0, 0.05) is 13.1 Å². The van der Waals surface area contributed by atoms with Crippen molar-refractivity contribution in [3.8, 4) is 0 Å². The van der Waals surface area contributed by atoms with Gasteiger partial charge in [0.25, 0.3) is 11.8 Å². The number of benzene rings is 1. The molecular formula is C20H16N2O2S4. The molecule has 0 radical (unpaired) electrons. The topological polar surface area (TPSA) is 40.6 Å². The first kappa shape index (κ1) is 20.7. The first-order chi connectivity index (χ1) is 13.4. The second-order valence-electron chi connectivity index (χ2n) is 5.83. The van der Waals surface area contributed by atoms with Gasteiger partial charge in [0.2, 0.25) is 0 Å². The fourth-order valence-electron chi connectivity index (χ4n) is 2.56. The summed E-state index contributed by atoms with van der Waals surface area (Å²) >= 11 is 13.1. The van der Waals surface area contributed by atoms with E-state index in [2.05, 4.69) is 13.2 Å². The van der Waals surface area contributed by atoms with E-state index in [1.165, 1.54) is 33.3 Å². The van der Waals surface area contributed by atoms with Crippen LogP contribution in [-0.2, 0) is 9.59 Å². The molecule has 0 aliphatic carbocycles. The van der Waals surface area contributed by atoms with E-state index < -0.39 is 0 Å². The third kappa shape index (κ3) is 4.35. The van der Waals surface area contributed by atoms with Crippen LogP contribution in [0.15, 0.2) is 59.4 Å². The molecule has 2 fully saturated rings. The van der Waals surface area contributed by atoms with Gasteiger partial charge in [0.05, 0.1) is 9.81 Å². The van der Waals surface area contributed by atoms with Gasteiger partial charge in [-0.15, -0.1) is 13.2 Å². The van der Waals surface area contributed by atoms with Gasteiger partial charge in [0.1, 0.15) is 8.64 Å². The van der Waals surface area contributed by atoms with Gasteiger partial charge in [-0.3, -0.25) is 19.4 Å². The van der Waals surface area contributed by atoms with Crippen molar-refractivity contribution in [2.75, 3.05) is 13.1 Å². The molecule has 0 spiro atoms. The lowest BCUT2D eigenvalue weighted by atomic mass is 10.1. The number of amides is 2. The lowest BCUT2D eigenvalue weighted by Gasteiger charge is -2.10. The molecule has 0 atom stereocenters. The van der Waals surface area contributed by atoms with Gasteiger partial charge in [-0.05, 0) is 23.3 Å². The second-order valence-corrected chi connectivity index (χ2v) is 9.18. The van der Waals surface area contributed by atoms with E-state index in [4.69, 9.17) is 24.4 Å². The quantitative estimate of drug-likeness (QED) is 0.367. The number of carbonyl (C=O) groups excluding carboxylic acids is 2. The molecule has 0 N–H and O–H groups in total. The monoisotopic (exact) mass is 444 g/mol. The number of hydrogen-bond acceptors (Lipinski definition) is 6. The average molecular weight is 445 g/mol. The Morgan fingerprint density at radius 1 is 0.786 bits per heavy atom. The van der Waals surface area contributed by atoms with Crippen LogP contribution in [0.2, 0.25) is 0 Å². The van der Waals surface area contributed by atoms with Gasteiger partial charge < -0.3 is 0 Å². The summed E-state index contributed by atoms with van der Waals surface area (Å²) in [6.45, 7) is 8.11. The summed E-state index contributed by atoms with van der Waals surface area (Å²) in [4.78, 5) is 29.0. The maximum absolute atomic E-state index is 12.4. The van der Waals surface area contributed by atoms with Crippen molar-refractivity contribution >= 4 is 80.6 Å². The third-order valence-corrected chi connectivity index (χ3v) is 6.66. The van der Waals surface area contributed by atoms with Crippen molar-refractivity contribution in [2.24, 2.45) is 0 Å². The van der Waals surface area contributed by atoms with Crippen LogP contribution in [0.4, 0.5) is 0 Å². The van der Waals surface area contributed by atoms with Crippen molar-refractivity contribution in [3.05, 3.63) is 70.5 Å². The minimum absolute atomic E-state index is 0.107. The standard InChI is InChI=1S/C20H16N2O2S4/c1-3-9-21-17(23)15(27-19(21)25)11-13-5-7-14(8-6-13)12-16-18(24)22(10-4-2)20(26)28-16/h3-8,11-12H,1-2,9-10H2/b15-11-,16-12-. The van der Waals surface area contributed by atoms with Crippen LogP contribution >= 0.6 is 48.0 Å². The summed E-state index contributed by atoms with van der Waals surface area (Å²) in [7, 11) is 0. The highest BCUT2D eigenvalue weighted by Gasteiger charge is 2.31. The maximum atomic E-state index is 12.4. The molecule has 4 nitrogen and oxygen atoms in total. The van der Waals surface area contributed by atoms with Crippen LogP contribution in [0.3, 0.4) is 0 Å². The van der Waals surface area contributed by atoms with Crippen LogP contribution in [0.5, 0.6) is 0 Å². The molecular weight excluding hydrogens is 429 g/mol. The van der Waals surface area contributed by atoms with Crippen LogP contribution in [0, 0.1) is 0 Å². The molecule has 0 unspecified atom stereocenters. The van der Waals surface area contributed by atoms with Crippen LogP contribution < -0.4 is 0 Å². The van der Waals surface area contributed by atoms with Crippen molar-refractivity contribution < 1.29 is 9.59 Å². The zero-order valence-electron chi connectivity index (χ0n) is 14.8. The molecule has 2 heterocycles. The molecule has 2 aliphatic heterocycles. The Bertz CT molecular complexity index is 870.